The normalized spacial score (nSPS) is 20.5. The Hall–Kier alpha value is -2.02. The number of pyridine rings is 1. The SMILES string of the molecule is COC(=O)c1ccc2c(OC[C@H]3CC[C@H](C(F)(F)F)CC3)nc(Cl)cc2c1. The Labute approximate surface area is 159 Å². The molecule has 0 N–H and O–H groups in total. The minimum absolute atomic E-state index is 0.0498. The van der Waals surface area contributed by atoms with Gasteiger partial charge in [-0.1, -0.05) is 11.6 Å². The van der Waals surface area contributed by atoms with Crippen molar-refractivity contribution in [1.82, 2.24) is 4.98 Å². The molecule has 1 heterocycles. The van der Waals surface area contributed by atoms with Gasteiger partial charge in [-0.3, -0.25) is 0 Å². The second-order valence-electron chi connectivity index (χ2n) is 6.75. The summed E-state index contributed by atoms with van der Waals surface area (Å²) in [4.78, 5) is 15.9. The molecule has 0 radical (unpaired) electrons. The maximum absolute atomic E-state index is 12.8. The van der Waals surface area contributed by atoms with Gasteiger partial charge in [0.25, 0.3) is 0 Å². The Balaban J connectivity index is 1.71. The lowest BCUT2D eigenvalue weighted by molar-refractivity contribution is -0.184. The van der Waals surface area contributed by atoms with Crippen molar-refractivity contribution < 1.29 is 27.4 Å². The van der Waals surface area contributed by atoms with Crippen LogP contribution >= 0.6 is 11.6 Å². The Morgan fingerprint density at radius 1 is 1.22 bits per heavy atom. The van der Waals surface area contributed by atoms with Crippen LogP contribution in [-0.2, 0) is 4.74 Å². The van der Waals surface area contributed by atoms with E-state index in [0.29, 0.717) is 35.1 Å². The molecule has 27 heavy (non-hydrogen) atoms. The van der Waals surface area contributed by atoms with E-state index in [2.05, 4.69) is 4.98 Å². The molecule has 1 aliphatic rings. The van der Waals surface area contributed by atoms with E-state index in [4.69, 9.17) is 21.1 Å². The lowest BCUT2D eigenvalue weighted by Crippen LogP contribution is -2.29. The first-order valence-corrected chi connectivity index (χ1v) is 9.04. The van der Waals surface area contributed by atoms with Gasteiger partial charge in [-0.05, 0) is 61.3 Å². The van der Waals surface area contributed by atoms with E-state index in [9.17, 15) is 18.0 Å². The summed E-state index contributed by atoms with van der Waals surface area (Å²) in [5.74, 6) is -1.31. The van der Waals surface area contributed by atoms with Gasteiger partial charge >= 0.3 is 12.1 Å². The van der Waals surface area contributed by atoms with Crippen molar-refractivity contribution in [2.45, 2.75) is 31.9 Å². The van der Waals surface area contributed by atoms with Crippen molar-refractivity contribution in [3.63, 3.8) is 0 Å². The number of rotatable bonds is 4. The van der Waals surface area contributed by atoms with Crippen molar-refractivity contribution in [1.29, 1.82) is 0 Å². The number of aromatic nitrogens is 1. The lowest BCUT2D eigenvalue weighted by atomic mass is 9.82. The predicted molar refractivity (Wildman–Crippen MR) is 95.1 cm³/mol. The standard InChI is InChI=1S/C19H19ClF3NO3/c1-26-18(25)12-4-7-15-13(8-12)9-16(20)24-17(15)27-10-11-2-5-14(6-3-11)19(21,22)23/h4,7-9,11,14H,2-3,5-6,10H2,1H3/t11-,14-. The molecule has 1 fully saturated rings. The monoisotopic (exact) mass is 401 g/mol. The number of ether oxygens (including phenoxy) is 2. The maximum Gasteiger partial charge on any atom is 0.391 e. The van der Waals surface area contributed by atoms with Gasteiger partial charge in [-0.2, -0.15) is 13.2 Å². The summed E-state index contributed by atoms with van der Waals surface area (Å²) in [6, 6.07) is 6.55. The highest BCUT2D eigenvalue weighted by Crippen LogP contribution is 2.39. The first-order chi connectivity index (χ1) is 12.8. The number of fused-ring (bicyclic) bond motifs is 1. The van der Waals surface area contributed by atoms with Crippen molar-refractivity contribution >= 4 is 28.3 Å². The number of methoxy groups -OCH3 is 1. The molecule has 1 aromatic carbocycles. The zero-order valence-electron chi connectivity index (χ0n) is 14.7. The molecule has 1 aromatic heterocycles. The Morgan fingerprint density at radius 2 is 1.93 bits per heavy atom. The number of carbonyl (C=O) groups excluding carboxylic acids is 1. The summed E-state index contributed by atoms with van der Waals surface area (Å²) in [5, 5.41) is 1.56. The number of alkyl halides is 3. The lowest BCUT2D eigenvalue weighted by Gasteiger charge is -2.29. The molecule has 2 aromatic rings. The van der Waals surface area contributed by atoms with E-state index in [1.807, 2.05) is 0 Å². The Bertz CT molecular complexity index is 833. The van der Waals surface area contributed by atoms with E-state index < -0.39 is 18.1 Å². The summed E-state index contributed by atoms with van der Waals surface area (Å²) < 4.78 is 48.8. The number of esters is 1. The highest BCUT2D eigenvalue weighted by atomic mass is 35.5. The molecule has 0 atom stereocenters. The number of benzene rings is 1. The summed E-state index contributed by atoms with van der Waals surface area (Å²) in [6.07, 6.45) is -2.92. The number of hydrogen-bond acceptors (Lipinski definition) is 4. The van der Waals surface area contributed by atoms with Crippen LogP contribution in [0.1, 0.15) is 36.0 Å². The Morgan fingerprint density at radius 3 is 2.56 bits per heavy atom. The van der Waals surface area contributed by atoms with Crippen LogP contribution < -0.4 is 4.74 Å². The first kappa shape index (κ1) is 19.7. The maximum atomic E-state index is 12.8. The topological polar surface area (TPSA) is 48.4 Å². The van der Waals surface area contributed by atoms with Crippen molar-refractivity contribution in [3.05, 3.63) is 35.0 Å². The van der Waals surface area contributed by atoms with Gasteiger partial charge in [-0.25, -0.2) is 9.78 Å². The van der Waals surface area contributed by atoms with Crippen LogP contribution in [0.15, 0.2) is 24.3 Å². The molecule has 8 heteroatoms. The summed E-state index contributed by atoms with van der Waals surface area (Å²) >= 11 is 6.05. The van der Waals surface area contributed by atoms with Crippen LogP contribution in [0.25, 0.3) is 10.8 Å². The summed E-state index contributed by atoms with van der Waals surface area (Å²) in [5.41, 5.74) is 0.378. The fourth-order valence-corrected chi connectivity index (χ4v) is 3.60. The zero-order chi connectivity index (χ0) is 19.6. The highest BCUT2D eigenvalue weighted by molar-refractivity contribution is 6.30. The number of carbonyl (C=O) groups is 1. The molecule has 0 amide bonds. The van der Waals surface area contributed by atoms with Crippen LogP contribution in [0.5, 0.6) is 5.88 Å². The third-order valence-corrected chi connectivity index (χ3v) is 5.15. The van der Waals surface area contributed by atoms with Crippen LogP contribution in [0.2, 0.25) is 5.15 Å². The first-order valence-electron chi connectivity index (χ1n) is 8.66. The number of hydrogen-bond donors (Lipinski definition) is 0. The van der Waals surface area contributed by atoms with Gasteiger partial charge in [0.05, 0.1) is 25.2 Å². The molecule has 3 rings (SSSR count). The molecular formula is C19H19ClF3NO3. The highest BCUT2D eigenvalue weighted by Gasteiger charge is 2.41. The molecule has 1 aliphatic carbocycles. The van der Waals surface area contributed by atoms with Crippen molar-refractivity contribution in [3.8, 4) is 5.88 Å². The molecular weight excluding hydrogens is 383 g/mol. The second kappa shape index (κ2) is 7.92. The molecule has 0 spiro atoms. The quantitative estimate of drug-likeness (QED) is 0.507. The molecule has 0 saturated heterocycles. The molecule has 0 unspecified atom stereocenters. The van der Waals surface area contributed by atoms with Crippen LogP contribution in [0.3, 0.4) is 0 Å². The van der Waals surface area contributed by atoms with E-state index >= 15 is 0 Å². The third kappa shape index (κ3) is 4.64. The third-order valence-electron chi connectivity index (χ3n) is 4.95. The largest absolute Gasteiger partial charge is 0.477 e. The molecule has 1 saturated carbocycles. The van der Waals surface area contributed by atoms with Gasteiger partial charge < -0.3 is 9.47 Å². The number of nitrogens with zero attached hydrogens (tertiary/aromatic N) is 1. The van der Waals surface area contributed by atoms with Crippen molar-refractivity contribution in [2.75, 3.05) is 13.7 Å². The van der Waals surface area contributed by atoms with E-state index in [0.717, 1.165) is 0 Å². The average Bonchev–Trinajstić information content (AvgIpc) is 2.64. The molecule has 146 valence electrons. The van der Waals surface area contributed by atoms with Crippen LogP contribution in [0.4, 0.5) is 13.2 Å². The van der Waals surface area contributed by atoms with E-state index in [-0.39, 0.29) is 30.5 Å². The summed E-state index contributed by atoms with van der Waals surface area (Å²) in [6.45, 7) is 0.284. The summed E-state index contributed by atoms with van der Waals surface area (Å²) in [7, 11) is 1.30. The smallest absolute Gasteiger partial charge is 0.391 e. The molecule has 0 aliphatic heterocycles. The second-order valence-corrected chi connectivity index (χ2v) is 7.14. The van der Waals surface area contributed by atoms with Gasteiger partial charge in [0.2, 0.25) is 5.88 Å². The van der Waals surface area contributed by atoms with Crippen LogP contribution in [-0.4, -0.2) is 30.8 Å². The van der Waals surface area contributed by atoms with Crippen LogP contribution in [0, 0.1) is 11.8 Å². The van der Waals surface area contributed by atoms with Gasteiger partial charge in [0, 0.05) is 5.39 Å². The number of halogens is 4. The van der Waals surface area contributed by atoms with Gasteiger partial charge in [0.15, 0.2) is 0 Å². The minimum atomic E-state index is -4.12. The minimum Gasteiger partial charge on any atom is -0.477 e. The van der Waals surface area contributed by atoms with Gasteiger partial charge in [0.1, 0.15) is 5.15 Å². The van der Waals surface area contributed by atoms with Crippen molar-refractivity contribution in [2.24, 2.45) is 11.8 Å². The van der Waals surface area contributed by atoms with E-state index in [1.54, 1.807) is 24.3 Å². The zero-order valence-corrected chi connectivity index (χ0v) is 15.4. The predicted octanol–water partition coefficient (Wildman–Crippen LogP) is 5.42. The van der Waals surface area contributed by atoms with Gasteiger partial charge in [-0.15, -0.1) is 0 Å². The van der Waals surface area contributed by atoms with E-state index in [1.165, 1.54) is 7.11 Å². The Kier molecular flexibility index (Phi) is 5.79. The average molecular weight is 402 g/mol. The molecule has 4 nitrogen and oxygen atoms in total. The fourth-order valence-electron chi connectivity index (χ4n) is 3.40. The molecule has 0 bridgehead atoms. The fraction of sp³-hybridized carbons (Fsp3) is 0.474.